The van der Waals surface area contributed by atoms with Gasteiger partial charge in [0, 0.05) is 6.54 Å². The van der Waals surface area contributed by atoms with E-state index in [2.05, 4.69) is 5.32 Å². The number of benzene rings is 1. The van der Waals surface area contributed by atoms with Gasteiger partial charge < -0.3 is 16.2 Å². The van der Waals surface area contributed by atoms with Crippen LogP contribution < -0.4 is 11.1 Å². The molecule has 0 aliphatic carbocycles. The Balaban J connectivity index is 2.52. The molecule has 1 aromatic carbocycles. The quantitative estimate of drug-likeness (QED) is 0.715. The van der Waals surface area contributed by atoms with Gasteiger partial charge in [0.15, 0.2) is 0 Å². The number of carboxylic acid groups (broad SMARTS) is 1. The van der Waals surface area contributed by atoms with Crippen LogP contribution in [0.3, 0.4) is 0 Å². The summed E-state index contributed by atoms with van der Waals surface area (Å²) in [6.45, 7) is 1.81. The zero-order valence-corrected chi connectivity index (χ0v) is 9.94. The van der Waals surface area contributed by atoms with Crippen LogP contribution in [-0.4, -0.2) is 23.0 Å². The Bertz CT molecular complexity index is 463. The molecule has 98 valence electrons. The molecule has 18 heavy (non-hydrogen) atoms. The van der Waals surface area contributed by atoms with E-state index in [1.165, 1.54) is 6.07 Å². The highest BCUT2D eigenvalue weighted by molar-refractivity contribution is 5.85. The maximum absolute atomic E-state index is 13.0. The van der Waals surface area contributed by atoms with Crippen molar-refractivity contribution < 1.29 is 19.1 Å². The molecule has 0 aromatic heterocycles. The van der Waals surface area contributed by atoms with Crippen LogP contribution in [0, 0.1) is 12.7 Å². The average Bonchev–Trinajstić information content (AvgIpc) is 2.29. The van der Waals surface area contributed by atoms with E-state index in [1.54, 1.807) is 19.1 Å². The molecule has 0 saturated heterocycles. The van der Waals surface area contributed by atoms with Crippen molar-refractivity contribution in [1.82, 2.24) is 5.32 Å². The van der Waals surface area contributed by atoms with E-state index in [0.29, 0.717) is 5.56 Å². The van der Waals surface area contributed by atoms with Crippen LogP contribution in [0.15, 0.2) is 18.2 Å². The van der Waals surface area contributed by atoms with Gasteiger partial charge in [0.25, 0.3) is 0 Å². The number of carbonyl (C=O) groups excluding carboxylic acids is 1. The number of carboxylic acids is 1. The molecule has 0 spiro atoms. The maximum Gasteiger partial charge on any atom is 0.305 e. The van der Waals surface area contributed by atoms with Crippen LogP contribution in [0.2, 0.25) is 0 Å². The number of aliphatic carboxylic acids is 1. The highest BCUT2D eigenvalue weighted by atomic mass is 19.1. The van der Waals surface area contributed by atoms with Gasteiger partial charge in [0.1, 0.15) is 5.82 Å². The SMILES string of the molecule is Cc1cc(CNC(=O)C(N)CC(=O)O)ccc1F. The predicted octanol–water partition coefficient (Wildman–Crippen LogP) is 0.552. The molecule has 1 amide bonds. The van der Waals surface area contributed by atoms with E-state index < -0.39 is 24.3 Å². The Morgan fingerprint density at radius 2 is 2.17 bits per heavy atom. The van der Waals surface area contributed by atoms with Crippen LogP contribution in [0.5, 0.6) is 0 Å². The number of halogens is 1. The fraction of sp³-hybridized carbons (Fsp3) is 0.333. The standard InChI is InChI=1S/C12H15FN2O3/c1-7-4-8(2-3-9(7)13)6-15-12(18)10(14)5-11(16)17/h2-4,10H,5-6,14H2,1H3,(H,15,18)(H,16,17). The van der Waals surface area contributed by atoms with Gasteiger partial charge in [-0.1, -0.05) is 12.1 Å². The number of aryl methyl sites for hydroxylation is 1. The third-order valence-electron chi connectivity index (χ3n) is 2.42. The lowest BCUT2D eigenvalue weighted by molar-refractivity contribution is -0.139. The minimum atomic E-state index is -1.13. The molecule has 4 N–H and O–H groups in total. The smallest absolute Gasteiger partial charge is 0.305 e. The Labute approximate surface area is 104 Å². The molecule has 5 nitrogen and oxygen atoms in total. The Morgan fingerprint density at radius 1 is 1.50 bits per heavy atom. The molecule has 1 unspecified atom stereocenters. The van der Waals surface area contributed by atoms with Crippen LogP contribution >= 0.6 is 0 Å². The van der Waals surface area contributed by atoms with E-state index in [9.17, 15) is 14.0 Å². The van der Waals surface area contributed by atoms with Crippen molar-refractivity contribution in [2.75, 3.05) is 0 Å². The second-order valence-corrected chi connectivity index (χ2v) is 4.01. The van der Waals surface area contributed by atoms with Gasteiger partial charge in [-0.25, -0.2) is 4.39 Å². The topological polar surface area (TPSA) is 92.4 Å². The van der Waals surface area contributed by atoms with Crippen molar-refractivity contribution in [3.05, 3.63) is 35.1 Å². The fourth-order valence-corrected chi connectivity index (χ4v) is 1.42. The number of hydrogen-bond donors (Lipinski definition) is 3. The van der Waals surface area contributed by atoms with Gasteiger partial charge in [-0.3, -0.25) is 9.59 Å². The molecule has 6 heteroatoms. The van der Waals surface area contributed by atoms with E-state index in [-0.39, 0.29) is 12.4 Å². The van der Waals surface area contributed by atoms with Crippen LogP contribution in [0.4, 0.5) is 4.39 Å². The summed E-state index contributed by atoms with van der Waals surface area (Å²) in [4.78, 5) is 21.8. The summed E-state index contributed by atoms with van der Waals surface area (Å²) in [7, 11) is 0. The van der Waals surface area contributed by atoms with Gasteiger partial charge in [-0.15, -0.1) is 0 Å². The number of rotatable bonds is 5. The number of nitrogens with one attached hydrogen (secondary N) is 1. The Hall–Kier alpha value is -1.95. The average molecular weight is 254 g/mol. The molecule has 0 bridgehead atoms. The first-order chi connectivity index (χ1) is 8.40. The first-order valence-corrected chi connectivity index (χ1v) is 5.40. The highest BCUT2D eigenvalue weighted by Gasteiger charge is 2.16. The van der Waals surface area contributed by atoms with Crippen molar-refractivity contribution in [2.24, 2.45) is 5.73 Å². The Morgan fingerprint density at radius 3 is 2.72 bits per heavy atom. The molecule has 0 heterocycles. The predicted molar refractivity (Wildman–Crippen MR) is 63.2 cm³/mol. The normalized spacial score (nSPS) is 11.9. The number of nitrogens with two attached hydrogens (primary N) is 1. The lowest BCUT2D eigenvalue weighted by Crippen LogP contribution is -2.41. The molecular weight excluding hydrogens is 239 g/mol. The van der Waals surface area contributed by atoms with Crippen molar-refractivity contribution >= 4 is 11.9 Å². The Kier molecular flexibility index (Phi) is 4.79. The second-order valence-electron chi connectivity index (χ2n) is 4.01. The number of carbonyl (C=O) groups is 2. The van der Waals surface area contributed by atoms with E-state index in [4.69, 9.17) is 10.8 Å². The first kappa shape index (κ1) is 14.1. The summed E-state index contributed by atoms with van der Waals surface area (Å²) in [6.07, 6.45) is -0.422. The van der Waals surface area contributed by atoms with Gasteiger partial charge >= 0.3 is 5.97 Å². The van der Waals surface area contributed by atoms with Gasteiger partial charge in [0.05, 0.1) is 12.5 Å². The van der Waals surface area contributed by atoms with Crippen molar-refractivity contribution in [1.29, 1.82) is 0 Å². The van der Waals surface area contributed by atoms with E-state index in [0.717, 1.165) is 5.56 Å². The highest BCUT2D eigenvalue weighted by Crippen LogP contribution is 2.08. The molecule has 1 rings (SSSR count). The molecule has 0 aliphatic heterocycles. The van der Waals surface area contributed by atoms with E-state index >= 15 is 0 Å². The minimum absolute atomic E-state index is 0.188. The fourth-order valence-electron chi connectivity index (χ4n) is 1.42. The molecule has 0 saturated carbocycles. The summed E-state index contributed by atoms with van der Waals surface area (Å²) in [6, 6.07) is 3.39. The third-order valence-corrected chi connectivity index (χ3v) is 2.42. The molecule has 0 fully saturated rings. The summed E-state index contributed by atoms with van der Waals surface area (Å²) >= 11 is 0. The van der Waals surface area contributed by atoms with Gasteiger partial charge in [-0.05, 0) is 24.1 Å². The third kappa shape index (κ3) is 4.14. The van der Waals surface area contributed by atoms with Crippen LogP contribution in [-0.2, 0) is 16.1 Å². The monoisotopic (exact) mass is 254 g/mol. The number of hydrogen-bond acceptors (Lipinski definition) is 3. The van der Waals surface area contributed by atoms with Crippen molar-refractivity contribution in [3.8, 4) is 0 Å². The van der Waals surface area contributed by atoms with Crippen molar-refractivity contribution in [3.63, 3.8) is 0 Å². The first-order valence-electron chi connectivity index (χ1n) is 5.40. The summed E-state index contributed by atoms with van der Waals surface area (Å²) < 4.78 is 13.0. The summed E-state index contributed by atoms with van der Waals surface area (Å²) in [5, 5.41) is 11.0. The summed E-state index contributed by atoms with van der Waals surface area (Å²) in [5.41, 5.74) is 6.59. The molecule has 0 aliphatic rings. The van der Waals surface area contributed by atoms with Crippen molar-refractivity contribution in [2.45, 2.75) is 25.9 Å². The van der Waals surface area contributed by atoms with Crippen LogP contribution in [0.1, 0.15) is 17.5 Å². The zero-order chi connectivity index (χ0) is 13.7. The van der Waals surface area contributed by atoms with E-state index in [1.807, 2.05) is 0 Å². The largest absolute Gasteiger partial charge is 0.481 e. The minimum Gasteiger partial charge on any atom is -0.481 e. The lowest BCUT2D eigenvalue weighted by atomic mass is 10.1. The maximum atomic E-state index is 13.0. The second kappa shape index (κ2) is 6.11. The molecular formula is C12H15FN2O3. The lowest BCUT2D eigenvalue weighted by Gasteiger charge is -2.10. The van der Waals surface area contributed by atoms with Gasteiger partial charge in [-0.2, -0.15) is 0 Å². The number of amides is 1. The molecule has 1 atom stereocenters. The molecule has 1 aromatic rings. The van der Waals surface area contributed by atoms with Gasteiger partial charge in [0.2, 0.25) is 5.91 Å². The zero-order valence-electron chi connectivity index (χ0n) is 9.94. The summed E-state index contributed by atoms with van der Waals surface area (Å²) in [5.74, 6) is -1.98. The molecule has 0 radical (unpaired) electrons. The van der Waals surface area contributed by atoms with Crippen LogP contribution in [0.25, 0.3) is 0 Å².